The van der Waals surface area contributed by atoms with E-state index in [1.807, 2.05) is 0 Å². The molecule has 0 aromatic carbocycles. The van der Waals surface area contributed by atoms with E-state index in [-0.39, 0.29) is 35.0 Å². The van der Waals surface area contributed by atoms with Crippen LogP contribution in [0.15, 0.2) is 12.7 Å². The molecule has 2 nitrogen and oxygen atoms in total. The van der Waals surface area contributed by atoms with E-state index in [4.69, 9.17) is 5.26 Å². The molecule has 3 heteroatoms. The van der Waals surface area contributed by atoms with E-state index in [0.717, 1.165) is 0 Å². The molecule has 6 heavy (non-hydrogen) atoms. The van der Waals surface area contributed by atoms with Crippen LogP contribution in [0.1, 0.15) is 0 Å². The van der Waals surface area contributed by atoms with Gasteiger partial charge in [0.15, 0.2) is 0 Å². The second kappa shape index (κ2) is 19.0. The minimum absolute atomic E-state index is 0. The maximum Gasteiger partial charge on any atom is 1.00 e. The molecule has 0 bridgehead atoms. The van der Waals surface area contributed by atoms with Crippen LogP contribution in [0, 0.1) is 11.3 Å². The molecule has 28 valence electrons. The molecular formula is C3H4NNaO. The number of nitriles is 1. The second-order valence-electron chi connectivity index (χ2n) is 0.333. The Balaban J connectivity index is -0.0000000450. The van der Waals surface area contributed by atoms with Gasteiger partial charge in [-0.15, -0.1) is 0 Å². The zero-order valence-electron chi connectivity index (χ0n) is 3.68. The first-order valence-electron chi connectivity index (χ1n) is 0.921. The molecule has 0 spiro atoms. The number of hydrogen-bond donors (Lipinski definition) is 0. The normalized spacial score (nSPS) is 2.50. The van der Waals surface area contributed by atoms with Gasteiger partial charge in [-0.1, -0.05) is 6.58 Å². The first kappa shape index (κ1) is 16.4. The predicted octanol–water partition coefficient (Wildman–Crippen LogP) is -2.48. The average Bonchev–Trinajstić information content (AvgIpc) is 1.37. The molecule has 0 saturated heterocycles. The Hall–Kier alpha value is 0.190. The van der Waals surface area contributed by atoms with E-state index in [1.165, 1.54) is 6.08 Å². The van der Waals surface area contributed by atoms with Crippen LogP contribution in [0.3, 0.4) is 0 Å². The summed E-state index contributed by atoms with van der Waals surface area (Å²) >= 11 is 0. The zero-order chi connectivity index (χ0) is 3.41. The topological polar surface area (TPSA) is 53.8 Å². The Morgan fingerprint density at radius 3 is 1.83 bits per heavy atom. The van der Waals surface area contributed by atoms with Crippen LogP contribution in [0.4, 0.5) is 0 Å². The van der Waals surface area contributed by atoms with Crippen LogP contribution >= 0.6 is 0 Å². The van der Waals surface area contributed by atoms with Crippen LogP contribution in [0.25, 0.3) is 0 Å². The number of rotatable bonds is 0. The maximum atomic E-state index is 7.51. The Labute approximate surface area is 59.1 Å². The van der Waals surface area contributed by atoms with Gasteiger partial charge in [0.1, 0.15) is 0 Å². The van der Waals surface area contributed by atoms with Crippen molar-refractivity contribution in [2.75, 3.05) is 0 Å². The van der Waals surface area contributed by atoms with Gasteiger partial charge in [0.25, 0.3) is 0 Å². The molecule has 0 heterocycles. The van der Waals surface area contributed by atoms with Crippen LogP contribution in [0.2, 0.25) is 0 Å². The fraction of sp³-hybridized carbons (Fsp3) is 0. The molecule has 0 fully saturated rings. The van der Waals surface area contributed by atoms with Gasteiger partial charge in [-0.05, 0) is 0 Å². The summed E-state index contributed by atoms with van der Waals surface area (Å²) in [6, 6.07) is 1.69. The molecule has 0 aliphatic rings. The minimum Gasteiger partial charge on any atom is -0.870 e. The Morgan fingerprint density at radius 1 is 1.67 bits per heavy atom. The number of nitrogens with zero attached hydrogens (tertiary/aromatic N) is 1. The molecule has 0 radical (unpaired) electrons. The van der Waals surface area contributed by atoms with Crippen molar-refractivity contribution in [3.05, 3.63) is 12.7 Å². The van der Waals surface area contributed by atoms with Gasteiger partial charge in [-0.25, -0.2) is 0 Å². The van der Waals surface area contributed by atoms with Crippen molar-refractivity contribution < 1.29 is 35.0 Å². The molecule has 0 rings (SSSR count). The van der Waals surface area contributed by atoms with Crippen molar-refractivity contribution >= 4 is 0 Å². The summed E-state index contributed by atoms with van der Waals surface area (Å²) in [5, 5.41) is 7.51. The van der Waals surface area contributed by atoms with E-state index >= 15 is 0 Å². The van der Waals surface area contributed by atoms with Crippen LogP contribution < -0.4 is 29.6 Å². The van der Waals surface area contributed by atoms with Crippen LogP contribution in [-0.2, 0) is 0 Å². The van der Waals surface area contributed by atoms with Crippen molar-refractivity contribution in [1.82, 2.24) is 0 Å². The average molecular weight is 93.1 g/mol. The summed E-state index contributed by atoms with van der Waals surface area (Å²) in [5.41, 5.74) is 0. The summed E-state index contributed by atoms with van der Waals surface area (Å²) < 4.78 is 0. The summed E-state index contributed by atoms with van der Waals surface area (Å²) in [4.78, 5) is 0. The van der Waals surface area contributed by atoms with Crippen molar-refractivity contribution in [3.63, 3.8) is 0 Å². The Bertz CT molecular complexity index is 56.3. The van der Waals surface area contributed by atoms with Crippen molar-refractivity contribution in [3.8, 4) is 6.07 Å². The van der Waals surface area contributed by atoms with Crippen molar-refractivity contribution in [2.24, 2.45) is 0 Å². The first-order valence-corrected chi connectivity index (χ1v) is 0.921. The van der Waals surface area contributed by atoms with Gasteiger partial charge >= 0.3 is 29.6 Å². The van der Waals surface area contributed by atoms with E-state index in [2.05, 4.69) is 6.58 Å². The maximum absolute atomic E-state index is 7.51. The van der Waals surface area contributed by atoms with E-state index < -0.39 is 0 Å². The van der Waals surface area contributed by atoms with E-state index in [1.54, 1.807) is 6.07 Å². The van der Waals surface area contributed by atoms with Gasteiger partial charge in [0.2, 0.25) is 0 Å². The SMILES string of the molecule is C=CC#N.[Na+].[OH-]. The Morgan fingerprint density at radius 2 is 1.83 bits per heavy atom. The van der Waals surface area contributed by atoms with Gasteiger partial charge in [0.05, 0.1) is 6.07 Å². The van der Waals surface area contributed by atoms with Gasteiger partial charge in [-0.3, -0.25) is 0 Å². The Kier molecular flexibility index (Phi) is 51.9. The van der Waals surface area contributed by atoms with Crippen LogP contribution in [0.5, 0.6) is 0 Å². The fourth-order valence-electron chi connectivity index (χ4n) is 0. The molecule has 0 aromatic rings. The molecule has 0 saturated carbocycles. The number of allylic oxidation sites excluding steroid dienone is 1. The summed E-state index contributed by atoms with van der Waals surface area (Å²) in [7, 11) is 0. The molecule has 0 aliphatic heterocycles. The molecule has 0 amide bonds. The fourth-order valence-corrected chi connectivity index (χ4v) is 0. The van der Waals surface area contributed by atoms with E-state index in [0.29, 0.717) is 0 Å². The van der Waals surface area contributed by atoms with Gasteiger partial charge < -0.3 is 5.48 Å². The van der Waals surface area contributed by atoms with Gasteiger partial charge in [0, 0.05) is 6.08 Å². The predicted molar refractivity (Wildman–Crippen MR) is 17.7 cm³/mol. The molecule has 0 aromatic heterocycles. The van der Waals surface area contributed by atoms with Crippen molar-refractivity contribution in [1.29, 1.82) is 5.26 Å². The monoisotopic (exact) mass is 93.0 g/mol. The van der Waals surface area contributed by atoms with Crippen molar-refractivity contribution in [2.45, 2.75) is 0 Å². The smallest absolute Gasteiger partial charge is 0.870 e. The molecule has 0 aliphatic carbocycles. The third kappa shape index (κ3) is 30.1. The largest absolute Gasteiger partial charge is 1.00 e. The van der Waals surface area contributed by atoms with Gasteiger partial charge in [-0.2, -0.15) is 5.26 Å². The third-order valence-electron chi connectivity index (χ3n) is 0.0913. The van der Waals surface area contributed by atoms with Crippen LogP contribution in [-0.4, -0.2) is 5.48 Å². The third-order valence-corrected chi connectivity index (χ3v) is 0.0913. The standard InChI is InChI=1S/C3H3N.Na.H2O/c1-2-3-4;;/h2H,1H2;;1H2/q;+1;/p-1. The summed E-state index contributed by atoms with van der Waals surface area (Å²) in [5.74, 6) is 0. The quantitative estimate of drug-likeness (QED) is 0.246. The summed E-state index contributed by atoms with van der Waals surface area (Å²) in [6.45, 7) is 3.12. The molecule has 0 unspecified atom stereocenters. The zero-order valence-corrected chi connectivity index (χ0v) is 5.68. The molecular weight excluding hydrogens is 89.0 g/mol. The number of hydrogen-bond acceptors (Lipinski definition) is 2. The summed E-state index contributed by atoms with van der Waals surface area (Å²) in [6.07, 6.45) is 1.18. The second-order valence-corrected chi connectivity index (χ2v) is 0.333. The van der Waals surface area contributed by atoms with E-state index in [9.17, 15) is 0 Å². The molecule has 0 atom stereocenters. The molecule has 1 N–H and O–H groups in total. The minimum atomic E-state index is 0. The first-order chi connectivity index (χ1) is 1.91.